The van der Waals surface area contributed by atoms with E-state index in [9.17, 15) is 4.39 Å². The maximum absolute atomic E-state index is 14.1. The molecule has 0 spiro atoms. The summed E-state index contributed by atoms with van der Waals surface area (Å²) in [5.74, 6) is 0.276. The van der Waals surface area contributed by atoms with E-state index in [1.807, 2.05) is 12.1 Å². The van der Waals surface area contributed by atoms with Crippen LogP contribution in [0.15, 0.2) is 140 Å². The van der Waals surface area contributed by atoms with Crippen molar-refractivity contribution in [1.29, 1.82) is 0 Å². The molecule has 1 aromatic heterocycles. The van der Waals surface area contributed by atoms with Gasteiger partial charge in [-0.15, -0.1) is 0 Å². The number of nitrogens with zero attached hydrogens (tertiary/aromatic N) is 1. The lowest BCUT2D eigenvalue weighted by atomic mass is 9.93. The minimum Gasteiger partial charge on any atom is -0.252 e. The van der Waals surface area contributed by atoms with Crippen molar-refractivity contribution < 1.29 is 4.39 Å². The first-order chi connectivity index (χ1) is 20.3. The summed E-state index contributed by atoms with van der Waals surface area (Å²) in [6.45, 7) is 0. The van der Waals surface area contributed by atoms with Gasteiger partial charge in [-0.25, -0.2) is 4.39 Å². The zero-order valence-electron chi connectivity index (χ0n) is 22.9. The number of para-hydroxylation sites is 1. The highest BCUT2D eigenvalue weighted by molar-refractivity contribution is 7.65. The second-order valence-electron chi connectivity index (χ2n) is 11.0. The van der Waals surface area contributed by atoms with Gasteiger partial charge >= 0.3 is 0 Å². The van der Waals surface area contributed by atoms with Crippen molar-refractivity contribution in [3.8, 4) is 11.1 Å². The van der Waals surface area contributed by atoms with Gasteiger partial charge in [0.25, 0.3) is 0 Å². The molecule has 1 atom stereocenters. The Hall–Kier alpha value is -4.13. The van der Waals surface area contributed by atoms with Crippen molar-refractivity contribution in [3.63, 3.8) is 0 Å². The summed E-state index contributed by atoms with van der Waals surface area (Å²) in [5.41, 5.74) is 8.83. The lowest BCUT2D eigenvalue weighted by Crippen LogP contribution is -2.13. The number of halogens is 1. The fourth-order valence-electron chi connectivity index (χ4n) is 6.19. The third-order valence-electron chi connectivity index (χ3n) is 8.25. The summed E-state index contributed by atoms with van der Waals surface area (Å²) >= 11 is 0. The summed E-state index contributed by atoms with van der Waals surface area (Å²) in [4.78, 5) is 5.33. The maximum Gasteiger partial charge on any atom is 0.123 e. The number of rotatable bonds is 8. The lowest BCUT2D eigenvalue weighted by Gasteiger charge is -2.25. The molecule has 1 heterocycles. The van der Waals surface area contributed by atoms with Crippen LogP contribution in [0.5, 0.6) is 0 Å². The second-order valence-corrected chi connectivity index (χ2v) is 13.5. The van der Waals surface area contributed by atoms with E-state index in [2.05, 4.69) is 115 Å². The van der Waals surface area contributed by atoms with Crippen molar-refractivity contribution in [2.24, 2.45) is 0 Å². The SMILES string of the molecule is Fc1ccc(-c2c(C[PH+](c3ccccc3)C(c3ccccc3)c3ccccc3)c(C3CC3)nc3ccccc23)cc1. The molecular weight excluding hydrogens is 520 g/mol. The molecule has 0 radical (unpaired) electrons. The second kappa shape index (κ2) is 11.4. The third-order valence-corrected chi connectivity index (χ3v) is 11.4. The fraction of sp³-hybridized carbons (Fsp3) is 0.132. The molecule has 1 unspecified atom stereocenters. The zero-order chi connectivity index (χ0) is 27.6. The van der Waals surface area contributed by atoms with Crippen LogP contribution in [0.3, 0.4) is 0 Å². The molecule has 0 N–H and O–H groups in total. The van der Waals surface area contributed by atoms with E-state index in [0.717, 1.165) is 22.6 Å². The van der Waals surface area contributed by atoms with Gasteiger partial charge in [0, 0.05) is 16.9 Å². The quantitative estimate of drug-likeness (QED) is 0.171. The van der Waals surface area contributed by atoms with E-state index in [-0.39, 0.29) is 11.5 Å². The molecule has 7 rings (SSSR count). The van der Waals surface area contributed by atoms with Gasteiger partial charge in [0.2, 0.25) is 0 Å². The largest absolute Gasteiger partial charge is 0.252 e. The van der Waals surface area contributed by atoms with E-state index in [4.69, 9.17) is 4.98 Å². The standard InChI is InChI=1S/C38H31FNP/c39-31-24-22-27(23-25-31)36-33-18-10-11-19-35(33)40-37(28-20-21-28)34(36)26-41(32-16-8-3-9-17-32)38(29-12-4-1-5-13-29)30-14-6-2-7-15-30/h1-19,22-25,28,38H,20-21,26H2/p+1. The molecule has 0 bridgehead atoms. The normalized spacial score (nSPS) is 13.9. The zero-order valence-corrected chi connectivity index (χ0v) is 23.9. The van der Waals surface area contributed by atoms with E-state index in [1.54, 1.807) is 12.1 Å². The molecule has 5 aromatic carbocycles. The molecular formula is C38H32FNP+. The Morgan fingerprint density at radius 2 is 1.22 bits per heavy atom. The van der Waals surface area contributed by atoms with Crippen molar-refractivity contribution in [2.75, 3.05) is 0 Å². The molecule has 1 aliphatic carbocycles. The molecule has 1 aliphatic rings. The van der Waals surface area contributed by atoms with Crippen molar-refractivity contribution >= 4 is 24.1 Å². The van der Waals surface area contributed by atoms with E-state index >= 15 is 0 Å². The number of aromatic nitrogens is 1. The van der Waals surface area contributed by atoms with Gasteiger partial charge in [0.15, 0.2) is 0 Å². The fourth-order valence-corrected chi connectivity index (χ4v) is 9.48. The molecule has 3 heteroatoms. The first kappa shape index (κ1) is 25.8. The van der Waals surface area contributed by atoms with Crippen LogP contribution in [0.4, 0.5) is 4.39 Å². The molecule has 0 aliphatic heterocycles. The van der Waals surface area contributed by atoms with Crippen LogP contribution in [-0.4, -0.2) is 4.98 Å². The van der Waals surface area contributed by atoms with Crippen LogP contribution in [-0.2, 0) is 6.16 Å². The minimum absolute atomic E-state index is 0.210. The van der Waals surface area contributed by atoms with Crippen molar-refractivity contribution in [2.45, 2.75) is 30.6 Å². The summed E-state index contributed by atoms with van der Waals surface area (Å²) in [6.07, 6.45) is 3.28. The van der Waals surface area contributed by atoms with Crippen LogP contribution < -0.4 is 5.30 Å². The van der Waals surface area contributed by atoms with Gasteiger partial charge in [-0.3, -0.25) is 4.98 Å². The van der Waals surface area contributed by atoms with Gasteiger partial charge in [-0.05, 0) is 65.4 Å². The van der Waals surface area contributed by atoms with Gasteiger partial charge in [-0.2, -0.15) is 0 Å². The van der Waals surface area contributed by atoms with E-state index in [0.29, 0.717) is 5.92 Å². The number of benzene rings is 5. The average Bonchev–Trinajstić information content (AvgIpc) is 3.88. The number of pyridine rings is 1. The molecule has 0 amide bonds. The highest BCUT2D eigenvalue weighted by Crippen LogP contribution is 2.58. The molecule has 200 valence electrons. The third kappa shape index (κ3) is 5.33. The Morgan fingerprint density at radius 1 is 0.659 bits per heavy atom. The summed E-state index contributed by atoms with van der Waals surface area (Å²) in [7, 11) is -1.26. The minimum atomic E-state index is -1.26. The lowest BCUT2D eigenvalue weighted by molar-refractivity contribution is 0.628. The van der Waals surface area contributed by atoms with Crippen LogP contribution in [0.1, 0.15) is 46.8 Å². The van der Waals surface area contributed by atoms with Crippen LogP contribution in [0.2, 0.25) is 0 Å². The van der Waals surface area contributed by atoms with Gasteiger partial charge in [0.1, 0.15) is 11.5 Å². The molecule has 41 heavy (non-hydrogen) atoms. The van der Waals surface area contributed by atoms with E-state index in [1.165, 1.54) is 46.1 Å². The number of hydrogen-bond donors (Lipinski definition) is 0. The molecule has 1 nitrogen and oxygen atoms in total. The highest BCUT2D eigenvalue weighted by Gasteiger charge is 2.38. The van der Waals surface area contributed by atoms with Crippen LogP contribution in [0, 0.1) is 5.82 Å². The Kier molecular flexibility index (Phi) is 7.17. The molecule has 1 saturated carbocycles. The molecule has 1 fully saturated rings. The number of hydrogen-bond acceptors (Lipinski definition) is 1. The summed E-state index contributed by atoms with van der Waals surface area (Å²) < 4.78 is 14.1. The Morgan fingerprint density at radius 3 is 1.83 bits per heavy atom. The maximum atomic E-state index is 14.1. The Labute approximate surface area is 242 Å². The first-order valence-electron chi connectivity index (χ1n) is 14.4. The number of fused-ring (bicyclic) bond motifs is 1. The Bertz CT molecular complexity index is 1730. The van der Waals surface area contributed by atoms with Crippen LogP contribution in [0.25, 0.3) is 22.0 Å². The van der Waals surface area contributed by atoms with Crippen LogP contribution >= 0.6 is 7.92 Å². The smallest absolute Gasteiger partial charge is 0.123 e. The Balaban J connectivity index is 1.49. The monoisotopic (exact) mass is 552 g/mol. The topological polar surface area (TPSA) is 12.9 Å². The van der Waals surface area contributed by atoms with Gasteiger partial charge in [0.05, 0.1) is 30.6 Å². The first-order valence-corrected chi connectivity index (χ1v) is 16.2. The summed E-state index contributed by atoms with van der Waals surface area (Å²) in [6, 6.07) is 48.6. The highest BCUT2D eigenvalue weighted by atomic mass is 31.1. The van der Waals surface area contributed by atoms with Crippen molar-refractivity contribution in [1.82, 2.24) is 4.98 Å². The molecule has 0 saturated heterocycles. The molecule has 6 aromatic rings. The predicted molar refractivity (Wildman–Crippen MR) is 172 cm³/mol. The summed E-state index contributed by atoms with van der Waals surface area (Å²) in [5, 5.41) is 2.55. The van der Waals surface area contributed by atoms with Gasteiger partial charge < -0.3 is 0 Å². The van der Waals surface area contributed by atoms with Gasteiger partial charge in [-0.1, -0.05) is 109 Å². The predicted octanol–water partition coefficient (Wildman–Crippen LogP) is 9.75. The van der Waals surface area contributed by atoms with E-state index < -0.39 is 7.92 Å². The van der Waals surface area contributed by atoms with Crippen molar-refractivity contribution in [3.05, 3.63) is 168 Å². The average molecular weight is 553 g/mol.